The van der Waals surface area contributed by atoms with Crippen LogP contribution in [0.4, 0.5) is 0 Å². The molecule has 2 heterocycles. The van der Waals surface area contributed by atoms with Gasteiger partial charge in [-0.15, -0.1) is 5.10 Å². The van der Waals surface area contributed by atoms with E-state index in [2.05, 4.69) is 25.2 Å². The van der Waals surface area contributed by atoms with Crippen molar-refractivity contribution in [2.45, 2.75) is 18.1 Å². The molecule has 0 N–H and O–H groups in total. The van der Waals surface area contributed by atoms with Crippen molar-refractivity contribution in [1.82, 2.24) is 29.8 Å². The number of ether oxygens (including phenoxy) is 1. The van der Waals surface area contributed by atoms with Crippen molar-refractivity contribution in [2.75, 3.05) is 12.9 Å². The molecule has 0 saturated heterocycles. The molecule has 0 amide bonds. The molecule has 0 spiro atoms. The second-order valence-corrected chi connectivity index (χ2v) is 4.81. The number of hydrogen-bond acceptors (Lipinski definition) is 7. The third-order valence-electron chi connectivity index (χ3n) is 2.48. The van der Waals surface area contributed by atoms with Gasteiger partial charge in [-0.05, 0) is 10.4 Å². The van der Waals surface area contributed by atoms with E-state index in [1.807, 2.05) is 17.8 Å². The number of carbonyl (C=O) groups is 1. The van der Waals surface area contributed by atoms with Crippen LogP contribution >= 0.6 is 11.8 Å². The van der Waals surface area contributed by atoms with Gasteiger partial charge in [-0.25, -0.2) is 9.67 Å². The average molecular weight is 282 g/mol. The third kappa shape index (κ3) is 3.53. The van der Waals surface area contributed by atoms with Gasteiger partial charge in [-0.1, -0.05) is 11.8 Å². The molecule has 0 atom stereocenters. The molecule has 8 nitrogen and oxygen atoms in total. The van der Waals surface area contributed by atoms with E-state index in [1.54, 1.807) is 6.20 Å². The number of aromatic nitrogens is 6. The first kappa shape index (κ1) is 13.5. The van der Waals surface area contributed by atoms with Gasteiger partial charge in [0.15, 0.2) is 0 Å². The molecule has 0 aliphatic carbocycles. The van der Waals surface area contributed by atoms with Crippen LogP contribution in [0.15, 0.2) is 17.6 Å². The van der Waals surface area contributed by atoms with Crippen LogP contribution in [0.1, 0.15) is 5.82 Å². The van der Waals surface area contributed by atoms with E-state index < -0.39 is 0 Å². The van der Waals surface area contributed by atoms with Gasteiger partial charge in [-0.3, -0.25) is 4.79 Å². The smallest absolute Gasteiger partial charge is 0.327 e. The van der Waals surface area contributed by atoms with Gasteiger partial charge in [0, 0.05) is 31.6 Å². The number of carbonyl (C=O) groups excluding carboxylic acids is 1. The number of thioether (sulfide) groups is 1. The fourth-order valence-corrected chi connectivity index (χ4v) is 2.27. The molecule has 0 radical (unpaired) electrons. The fourth-order valence-electron chi connectivity index (χ4n) is 1.46. The molecule has 0 bridgehead atoms. The third-order valence-corrected chi connectivity index (χ3v) is 3.44. The molecule has 2 rings (SSSR count). The Balaban J connectivity index is 1.88. The molecule has 0 aromatic carbocycles. The Morgan fingerprint density at radius 2 is 2.37 bits per heavy atom. The van der Waals surface area contributed by atoms with Crippen LogP contribution < -0.4 is 0 Å². The van der Waals surface area contributed by atoms with Crippen molar-refractivity contribution in [3.8, 4) is 0 Å². The summed E-state index contributed by atoms with van der Waals surface area (Å²) in [5.41, 5.74) is 0. The summed E-state index contributed by atoms with van der Waals surface area (Å²) in [6.45, 7) is 0.0221. The van der Waals surface area contributed by atoms with Crippen LogP contribution in [-0.2, 0) is 29.5 Å². The van der Waals surface area contributed by atoms with E-state index >= 15 is 0 Å². The predicted octanol–water partition coefficient (Wildman–Crippen LogP) is -0.0856. The molecule has 0 aliphatic rings. The number of nitrogens with zero attached hydrogens (tertiary/aromatic N) is 6. The summed E-state index contributed by atoms with van der Waals surface area (Å²) in [5, 5.41) is 11.8. The maximum Gasteiger partial charge on any atom is 0.327 e. The van der Waals surface area contributed by atoms with Gasteiger partial charge in [0.1, 0.15) is 12.4 Å². The van der Waals surface area contributed by atoms with Crippen LogP contribution in [0.5, 0.6) is 0 Å². The van der Waals surface area contributed by atoms with Crippen molar-refractivity contribution in [3.05, 3.63) is 18.2 Å². The molecule has 2 aromatic rings. The summed E-state index contributed by atoms with van der Waals surface area (Å²) < 4.78 is 7.98. The molecule has 2 aromatic heterocycles. The first-order chi connectivity index (χ1) is 9.20. The summed E-state index contributed by atoms with van der Waals surface area (Å²) in [6, 6.07) is 0. The first-order valence-corrected chi connectivity index (χ1v) is 6.61. The topological polar surface area (TPSA) is 87.7 Å². The van der Waals surface area contributed by atoms with Crippen LogP contribution in [0.2, 0.25) is 0 Å². The van der Waals surface area contributed by atoms with Gasteiger partial charge in [0.25, 0.3) is 0 Å². The fraction of sp³-hybridized carbons (Fsp3) is 0.500. The first-order valence-electron chi connectivity index (χ1n) is 5.62. The van der Waals surface area contributed by atoms with Gasteiger partial charge >= 0.3 is 5.97 Å². The lowest BCUT2D eigenvalue weighted by molar-refractivity contribution is -0.141. The van der Waals surface area contributed by atoms with E-state index in [4.69, 9.17) is 0 Å². The van der Waals surface area contributed by atoms with Gasteiger partial charge < -0.3 is 9.30 Å². The number of aryl methyl sites for hydroxylation is 2. The number of methoxy groups -OCH3 is 1. The van der Waals surface area contributed by atoms with Crippen LogP contribution in [0.3, 0.4) is 0 Å². The number of imidazole rings is 1. The Bertz CT molecular complexity index is 552. The molecule has 19 heavy (non-hydrogen) atoms. The van der Waals surface area contributed by atoms with E-state index in [1.165, 1.54) is 23.6 Å². The highest BCUT2D eigenvalue weighted by atomic mass is 32.2. The average Bonchev–Trinajstić information content (AvgIpc) is 3.00. The monoisotopic (exact) mass is 282 g/mol. The molecule has 0 saturated carbocycles. The molecule has 102 valence electrons. The van der Waals surface area contributed by atoms with E-state index in [0.717, 1.165) is 18.0 Å². The largest absolute Gasteiger partial charge is 0.468 e. The molecular formula is C10H14N6O2S. The Morgan fingerprint density at radius 3 is 3.05 bits per heavy atom. The number of tetrazole rings is 1. The van der Waals surface area contributed by atoms with E-state index in [9.17, 15) is 4.79 Å². The normalized spacial score (nSPS) is 10.6. The van der Waals surface area contributed by atoms with Crippen molar-refractivity contribution in [2.24, 2.45) is 7.05 Å². The highest BCUT2D eigenvalue weighted by molar-refractivity contribution is 7.99. The Hall–Kier alpha value is -1.90. The highest BCUT2D eigenvalue weighted by Crippen LogP contribution is 2.15. The van der Waals surface area contributed by atoms with Crippen LogP contribution in [-0.4, -0.2) is 48.6 Å². The standard InChI is InChI=1S/C10H14N6O2S/c1-15-5-4-11-8(15)3-6-19-10-12-13-14-16(10)7-9(17)18-2/h4-5H,3,6-7H2,1-2H3. The molecule has 0 aliphatic heterocycles. The SMILES string of the molecule is COC(=O)Cn1nnnc1SCCc1nccn1C. The van der Waals surface area contributed by atoms with Crippen molar-refractivity contribution >= 4 is 17.7 Å². The number of esters is 1. The lowest BCUT2D eigenvalue weighted by Gasteiger charge is -2.03. The second-order valence-electron chi connectivity index (χ2n) is 3.75. The molecule has 9 heteroatoms. The van der Waals surface area contributed by atoms with Gasteiger partial charge in [-0.2, -0.15) is 0 Å². The number of hydrogen-bond donors (Lipinski definition) is 0. The predicted molar refractivity (Wildman–Crippen MR) is 67.5 cm³/mol. The Morgan fingerprint density at radius 1 is 1.53 bits per heavy atom. The maximum atomic E-state index is 11.2. The summed E-state index contributed by atoms with van der Waals surface area (Å²) in [6.07, 6.45) is 4.47. The van der Waals surface area contributed by atoms with E-state index in [0.29, 0.717) is 5.16 Å². The molecule has 0 fully saturated rings. The minimum atomic E-state index is -0.377. The zero-order chi connectivity index (χ0) is 13.7. The molecular weight excluding hydrogens is 268 g/mol. The Labute approximate surface area is 114 Å². The van der Waals surface area contributed by atoms with Crippen LogP contribution in [0, 0.1) is 0 Å². The minimum Gasteiger partial charge on any atom is -0.468 e. The zero-order valence-electron chi connectivity index (χ0n) is 10.7. The summed E-state index contributed by atoms with van der Waals surface area (Å²) in [4.78, 5) is 15.4. The lowest BCUT2D eigenvalue weighted by atomic mass is 10.4. The lowest BCUT2D eigenvalue weighted by Crippen LogP contribution is -2.14. The summed E-state index contributed by atoms with van der Waals surface area (Å²) in [7, 11) is 3.29. The minimum absolute atomic E-state index is 0.0221. The van der Waals surface area contributed by atoms with Crippen molar-refractivity contribution < 1.29 is 9.53 Å². The second kappa shape index (κ2) is 6.32. The zero-order valence-corrected chi connectivity index (χ0v) is 11.5. The number of rotatable bonds is 6. The summed E-state index contributed by atoms with van der Waals surface area (Å²) >= 11 is 1.48. The van der Waals surface area contributed by atoms with Crippen molar-refractivity contribution in [3.63, 3.8) is 0 Å². The highest BCUT2D eigenvalue weighted by Gasteiger charge is 2.11. The molecule has 0 unspecified atom stereocenters. The summed E-state index contributed by atoms with van der Waals surface area (Å²) in [5.74, 6) is 1.41. The van der Waals surface area contributed by atoms with Crippen molar-refractivity contribution in [1.29, 1.82) is 0 Å². The van der Waals surface area contributed by atoms with E-state index in [-0.39, 0.29) is 12.5 Å². The van der Waals surface area contributed by atoms with Crippen LogP contribution in [0.25, 0.3) is 0 Å². The van der Waals surface area contributed by atoms with Gasteiger partial charge in [0.05, 0.1) is 7.11 Å². The quantitative estimate of drug-likeness (QED) is 0.540. The Kier molecular flexibility index (Phi) is 4.50. The maximum absolute atomic E-state index is 11.2. The van der Waals surface area contributed by atoms with Gasteiger partial charge in [0.2, 0.25) is 5.16 Å².